The monoisotopic (exact) mass is 385 g/mol. The van der Waals surface area contributed by atoms with E-state index < -0.39 is 9.84 Å². The first-order valence-corrected chi connectivity index (χ1v) is 11.5. The summed E-state index contributed by atoms with van der Waals surface area (Å²) < 4.78 is 29.9. The molecule has 4 nitrogen and oxygen atoms in total. The largest absolute Gasteiger partial charge is 0.493 e. The van der Waals surface area contributed by atoms with E-state index in [2.05, 4.69) is 24.0 Å². The van der Waals surface area contributed by atoms with Crippen molar-refractivity contribution in [2.45, 2.75) is 31.1 Å². The maximum Gasteiger partial charge on any atom is 0.178 e. The molecule has 2 aromatic carbocycles. The lowest BCUT2D eigenvalue weighted by molar-refractivity contribution is 0.146. The molecule has 0 bridgehead atoms. The van der Waals surface area contributed by atoms with E-state index in [1.807, 2.05) is 24.3 Å². The summed E-state index contributed by atoms with van der Waals surface area (Å²) in [5.41, 5.74) is 3.08. The quantitative estimate of drug-likeness (QED) is 0.786. The van der Waals surface area contributed by atoms with Gasteiger partial charge < -0.3 is 9.64 Å². The molecule has 2 aliphatic rings. The van der Waals surface area contributed by atoms with Crippen molar-refractivity contribution in [2.75, 3.05) is 32.0 Å². The maximum absolute atomic E-state index is 12.0. The normalized spacial score (nSPS) is 19.7. The lowest BCUT2D eigenvalue weighted by atomic mass is 9.98. The van der Waals surface area contributed by atoms with Gasteiger partial charge in [0.2, 0.25) is 0 Å². The molecular weight excluding hydrogens is 358 g/mol. The predicted molar refractivity (Wildman–Crippen MR) is 108 cm³/mol. The molecule has 0 aliphatic carbocycles. The number of fused-ring (bicyclic) bond motifs is 1. The lowest BCUT2D eigenvalue weighted by Gasteiger charge is -2.30. The molecule has 4 rings (SSSR count). The fourth-order valence-electron chi connectivity index (χ4n) is 4.04. The molecule has 2 aromatic rings. The third-order valence-corrected chi connectivity index (χ3v) is 7.67. The van der Waals surface area contributed by atoms with Crippen molar-refractivity contribution in [1.82, 2.24) is 4.90 Å². The Hall–Kier alpha value is -1.85. The zero-order chi connectivity index (χ0) is 18.9. The van der Waals surface area contributed by atoms with Gasteiger partial charge in [0.1, 0.15) is 5.75 Å². The van der Waals surface area contributed by atoms with Gasteiger partial charge in [-0.2, -0.15) is 0 Å². The maximum atomic E-state index is 12.0. The van der Waals surface area contributed by atoms with Gasteiger partial charge in [-0.05, 0) is 85.8 Å². The van der Waals surface area contributed by atoms with E-state index in [-0.39, 0.29) is 5.75 Å². The first-order valence-electron chi connectivity index (χ1n) is 9.86. The van der Waals surface area contributed by atoms with E-state index in [4.69, 9.17) is 4.74 Å². The van der Waals surface area contributed by atoms with Gasteiger partial charge >= 0.3 is 0 Å². The van der Waals surface area contributed by atoms with Crippen molar-refractivity contribution in [3.8, 4) is 16.9 Å². The van der Waals surface area contributed by atoms with Crippen molar-refractivity contribution in [3.63, 3.8) is 0 Å². The molecule has 0 atom stereocenters. The molecule has 5 heteroatoms. The number of aryl methyl sites for hydroxylation is 1. The van der Waals surface area contributed by atoms with E-state index in [1.54, 1.807) is 6.07 Å². The van der Waals surface area contributed by atoms with E-state index in [9.17, 15) is 8.42 Å². The Morgan fingerprint density at radius 3 is 2.44 bits per heavy atom. The fourth-order valence-corrected chi connectivity index (χ4v) is 5.58. The molecule has 2 heterocycles. The summed E-state index contributed by atoms with van der Waals surface area (Å²) in [6.07, 6.45) is 3.04. The number of benzene rings is 2. The Balaban J connectivity index is 1.38. The second-order valence-electron chi connectivity index (χ2n) is 7.60. The van der Waals surface area contributed by atoms with Gasteiger partial charge in [0, 0.05) is 0 Å². The average Bonchev–Trinajstić information content (AvgIpc) is 3.01. The van der Waals surface area contributed by atoms with Crippen LogP contribution in [0.1, 0.15) is 25.3 Å². The number of nitrogens with zero attached hydrogens (tertiary/aromatic N) is 1. The van der Waals surface area contributed by atoms with Gasteiger partial charge in [-0.3, -0.25) is 0 Å². The van der Waals surface area contributed by atoms with Crippen molar-refractivity contribution < 1.29 is 13.2 Å². The van der Waals surface area contributed by atoms with E-state index >= 15 is 0 Å². The van der Waals surface area contributed by atoms with Crippen LogP contribution in [0, 0.1) is 5.92 Å². The summed E-state index contributed by atoms with van der Waals surface area (Å²) in [5.74, 6) is 1.78. The zero-order valence-corrected chi connectivity index (χ0v) is 16.7. The zero-order valence-electron chi connectivity index (χ0n) is 15.9. The van der Waals surface area contributed by atoms with Crippen LogP contribution in [0.25, 0.3) is 11.1 Å². The second kappa shape index (κ2) is 7.64. The third-order valence-electron chi connectivity index (χ3n) is 5.86. The molecule has 0 aromatic heterocycles. The fraction of sp³-hybridized carbons (Fsp3) is 0.455. The average molecular weight is 386 g/mol. The minimum Gasteiger partial charge on any atom is -0.493 e. The van der Waals surface area contributed by atoms with Crippen molar-refractivity contribution in [3.05, 3.63) is 48.0 Å². The third kappa shape index (κ3) is 4.04. The summed E-state index contributed by atoms with van der Waals surface area (Å²) in [5, 5.41) is 0. The van der Waals surface area contributed by atoms with Gasteiger partial charge in [-0.1, -0.05) is 25.1 Å². The highest BCUT2D eigenvalue weighted by Crippen LogP contribution is 2.31. The van der Waals surface area contributed by atoms with E-state index in [1.165, 1.54) is 25.9 Å². The number of rotatable bonds is 5. The van der Waals surface area contributed by atoms with E-state index in [0.29, 0.717) is 17.2 Å². The highest BCUT2D eigenvalue weighted by Gasteiger charge is 2.26. The molecule has 0 radical (unpaired) electrons. The Bertz CT molecular complexity index is 898. The molecule has 1 fully saturated rings. The van der Waals surface area contributed by atoms with Gasteiger partial charge in [-0.15, -0.1) is 0 Å². The van der Waals surface area contributed by atoms with Crippen LogP contribution in [0.2, 0.25) is 0 Å². The summed E-state index contributed by atoms with van der Waals surface area (Å²) >= 11 is 0. The highest BCUT2D eigenvalue weighted by molar-refractivity contribution is 7.91. The Kier molecular flexibility index (Phi) is 5.24. The number of piperidine rings is 1. The lowest BCUT2D eigenvalue weighted by Crippen LogP contribution is -2.35. The Labute approximate surface area is 162 Å². The molecule has 144 valence electrons. The first-order chi connectivity index (χ1) is 13.0. The molecule has 0 spiro atoms. The molecule has 27 heavy (non-hydrogen) atoms. The summed E-state index contributed by atoms with van der Waals surface area (Å²) in [6.45, 7) is 6.50. The summed E-state index contributed by atoms with van der Waals surface area (Å²) in [4.78, 5) is 2.99. The SMILES string of the molecule is CCN1CCC(COc2ccc(-c3ccc4c(c3)CCS4(=O)=O)cc2)CC1. The number of likely N-dealkylation sites (tertiary alicyclic amines) is 1. The minimum atomic E-state index is -3.06. The highest BCUT2D eigenvalue weighted by atomic mass is 32.2. The van der Waals surface area contributed by atoms with Crippen LogP contribution in [-0.2, 0) is 16.3 Å². The Morgan fingerprint density at radius 2 is 1.74 bits per heavy atom. The summed E-state index contributed by atoms with van der Waals surface area (Å²) in [6, 6.07) is 13.8. The molecule has 2 aliphatic heterocycles. The minimum absolute atomic E-state index is 0.232. The van der Waals surface area contributed by atoms with Crippen LogP contribution >= 0.6 is 0 Å². The number of hydrogen-bond acceptors (Lipinski definition) is 4. The van der Waals surface area contributed by atoms with Crippen LogP contribution < -0.4 is 4.74 Å². The standard InChI is InChI=1S/C22H27NO3S/c1-2-23-12-9-17(10-13-23)16-26-21-6-3-18(4-7-21)19-5-8-22-20(15-19)11-14-27(22,24)25/h3-8,15,17H,2,9-14,16H2,1H3. The number of ether oxygens (including phenoxy) is 1. The van der Waals surface area contributed by atoms with Gasteiger partial charge in [0.05, 0.1) is 17.3 Å². The summed E-state index contributed by atoms with van der Waals surface area (Å²) in [7, 11) is -3.06. The number of hydrogen-bond donors (Lipinski definition) is 0. The molecule has 0 saturated carbocycles. The van der Waals surface area contributed by atoms with Crippen molar-refractivity contribution in [2.24, 2.45) is 5.92 Å². The van der Waals surface area contributed by atoms with Crippen molar-refractivity contribution >= 4 is 9.84 Å². The smallest absolute Gasteiger partial charge is 0.178 e. The molecule has 0 unspecified atom stereocenters. The Morgan fingerprint density at radius 1 is 1.04 bits per heavy atom. The first kappa shape index (κ1) is 18.5. The molecule has 0 N–H and O–H groups in total. The molecule has 1 saturated heterocycles. The second-order valence-corrected chi connectivity index (χ2v) is 9.68. The predicted octanol–water partition coefficient (Wildman–Crippen LogP) is 3.79. The van der Waals surface area contributed by atoms with Crippen LogP contribution in [0.5, 0.6) is 5.75 Å². The van der Waals surface area contributed by atoms with E-state index in [0.717, 1.165) is 35.6 Å². The number of sulfone groups is 1. The van der Waals surface area contributed by atoms with Crippen LogP contribution in [0.4, 0.5) is 0 Å². The van der Waals surface area contributed by atoms with Crippen LogP contribution in [0.3, 0.4) is 0 Å². The van der Waals surface area contributed by atoms with Gasteiger partial charge in [0.15, 0.2) is 9.84 Å². The van der Waals surface area contributed by atoms with Crippen LogP contribution in [0.15, 0.2) is 47.4 Å². The van der Waals surface area contributed by atoms with Gasteiger partial charge in [-0.25, -0.2) is 8.42 Å². The van der Waals surface area contributed by atoms with Gasteiger partial charge in [0.25, 0.3) is 0 Å². The van der Waals surface area contributed by atoms with Crippen molar-refractivity contribution in [1.29, 1.82) is 0 Å². The topological polar surface area (TPSA) is 46.6 Å². The molecular formula is C22H27NO3S. The molecule has 0 amide bonds. The van der Waals surface area contributed by atoms with Crippen LogP contribution in [-0.4, -0.2) is 45.3 Å².